The zero-order chi connectivity index (χ0) is 12.4. The molecule has 18 heavy (non-hydrogen) atoms. The largest absolute Gasteiger partial charge is 0.296 e. The predicted octanol–water partition coefficient (Wildman–Crippen LogP) is 2.07. The summed E-state index contributed by atoms with van der Waals surface area (Å²) >= 11 is 0. The zero-order valence-corrected chi connectivity index (χ0v) is 9.84. The van der Waals surface area contributed by atoms with Crippen LogP contribution < -0.4 is 4.90 Å². The number of amides is 1. The van der Waals surface area contributed by atoms with E-state index in [2.05, 4.69) is 16.0 Å². The van der Waals surface area contributed by atoms with Gasteiger partial charge < -0.3 is 0 Å². The molecule has 4 heteroatoms. The summed E-state index contributed by atoms with van der Waals surface area (Å²) in [6, 6.07) is 10.7. The Morgan fingerprint density at radius 3 is 2.78 bits per heavy atom. The first-order valence-corrected chi connectivity index (χ1v) is 5.94. The third-order valence-electron chi connectivity index (χ3n) is 2.97. The van der Waals surface area contributed by atoms with Crippen molar-refractivity contribution in [1.29, 1.82) is 0 Å². The van der Waals surface area contributed by atoms with Crippen molar-refractivity contribution in [2.45, 2.75) is 12.8 Å². The second-order valence-electron chi connectivity index (χ2n) is 4.19. The first-order valence-electron chi connectivity index (χ1n) is 5.94. The van der Waals surface area contributed by atoms with Crippen molar-refractivity contribution < 1.29 is 4.79 Å². The van der Waals surface area contributed by atoms with Crippen LogP contribution in [0, 0.1) is 6.07 Å². The van der Waals surface area contributed by atoms with Gasteiger partial charge in [0.15, 0.2) is 5.82 Å². The summed E-state index contributed by atoms with van der Waals surface area (Å²) in [6.45, 7) is 0.740. The molecule has 2 aromatic rings. The molecule has 0 spiro atoms. The van der Waals surface area contributed by atoms with Crippen LogP contribution in [-0.2, 0) is 4.79 Å². The molecule has 0 saturated carbocycles. The molecule has 1 aliphatic heterocycles. The predicted molar refractivity (Wildman–Crippen MR) is 67.9 cm³/mol. The van der Waals surface area contributed by atoms with E-state index in [-0.39, 0.29) is 5.91 Å². The number of hydrogen-bond donors (Lipinski definition) is 0. The van der Waals surface area contributed by atoms with Gasteiger partial charge in [-0.2, -0.15) is 0 Å². The molecule has 2 heterocycles. The number of hydrogen-bond acceptors (Lipinski definition) is 3. The minimum absolute atomic E-state index is 0.128. The summed E-state index contributed by atoms with van der Waals surface area (Å²) in [5.74, 6) is 0.764. The molecule has 1 saturated heterocycles. The molecule has 89 valence electrons. The van der Waals surface area contributed by atoms with Gasteiger partial charge in [0, 0.05) is 18.5 Å². The highest BCUT2D eigenvalue weighted by Gasteiger charge is 2.22. The molecule has 1 aromatic carbocycles. The first kappa shape index (κ1) is 10.9. The third kappa shape index (κ3) is 1.97. The van der Waals surface area contributed by atoms with Gasteiger partial charge in [-0.05, 0) is 12.5 Å². The number of carbonyl (C=O) groups is 1. The molecule has 3 rings (SSSR count). The molecule has 1 fully saturated rings. The number of carbonyl (C=O) groups excluding carboxylic acids is 1. The highest BCUT2D eigenvalue weighted by Crippen LogP contribution is 2.20. The summed E-state index contributed by atoms with van der Waals surface area (Å²) < 4.78 is 0. The minimum Gasteiger partial charge on any atom is -0.296 e. The van der Waals surface area contributed by atoms with E-state index in [4.69, 9.17) is 0 Å². The van der Waals surface area contributed by atoms with E-state index in [9.17, 15) is 4.79 Å². The normalized spacial score (nSPS) is 15.1. The lowest BCUT2D eigenvalue weighted by Gasteiger charge is -2.13. The van der Waals surface area contributed by atoms with Gasteiger partial charge in [-0.15, -0.1) is 0 Å². The average Bonchev–Trinajstić information content (AvgIpc) is 2.86. The van der Waals surface area contributed by atoms with Crippen molar-refractivity contribution in [3.8, 4) is 11.3 Å². The Kier molecular flexibility index (Phi) is 2.76. The fourth-order valence-corrected chi connectivity index (χ4v) is 2.04. The molecule has 1 amide bonds. The Balaban J connectivity index is 1.87. The lowest BCUT2D eigenvalue weighted by molar-refractivity contribution is -0.117. The summed E-state index contributed by atoms with van der Waals surface area (Å²) in [7, 11) is 0. The van der Waals surface area contributed by atoms with Crippen LogP contribution in [0.3, 0.4) is 0 Å². The summed E-state index contributed by atoms with van der Waals surface area (Å²) in [5, 5.41) is 0. The van der Waals surface area contributed by atoms with Crippen LogP contribution in [0.15, 0.2) is 36.7 Å². The number of benzene rings is 1. The van der Waals surface area contributed by atoms with Gasteiger partial charge in [-0.25, -0.2) is 4.98 Å². The molecular formula is C14H12N3O. The van der Waals surface area contributed by atoms with Crippen molar-refractivity contribution in [1.82, 2.24) is 9.97 Å². The third-order valence-corrected chi connectivity index (χ3v) is 2.97. The highest BCUT2D eigenvalue weighted by atomic mass is 16.2. The maximum Gasteiger partial charge on any atom is 0.228 e. The Bertz CT molecular complexity index is 551. The summed E-state index contributed by atoms with van der Waals surface area (Å²) in [5.41, 5.74) is 1.68. The smallest absolute Gasteiger partial charge is 0.228 e. The minimum atomic E-state index is 0.128. The van der Waals surface area contributed by atoms with Crippen molar-refractivity contribution in [2.75, 3.05) is 11.4 Å². The van der Waals surface area contributed by atoms with Crippen LogP contribution in [0.4, 0.5) is 5.82 Å². The van der Waals surface area contributed by atoms with Crippen LogP contribution >= 0.6 is 0 Å². The van der Waals surface area contributed by atoms with E-state index in [1.54, 1.807) is 17.3 Å². The Hall–Kier alpha value is -2.23. The van der Waals surface area contributed by atoms with E-state index in [1.165, 1.54) is 0 Å². The molecule has 0 aliphatic carbocycles. The quantitative estimate of drug-likeness (QED) is 0.804. The SMILES string of the molecule is O=C1CCCN1c1cnc(-c2[c]cccc2)cn1. The maximum atomic E-state index is 11.6. The molecule has 1 aromatic heterocycles. The average molecular weight is 238 g/mol. The van der Waals surface area contributed by atoms with Gasteiger partial charge in [0.1, 0.15) is 0 Å². The monoisotopic (exact) mass is 238 g/mol. The molecule has 0 N–H and O–H groups in total. The second-order valence-corrected chi connectivity index (χ2v) is 4.19. The highest BCUT2D eigenvalue weighted by molar-refractivity contribution is 5.94. The van der Waals surface area contributed by atoms with E-state index >= 15 is 0 Å². The molecule has 0 bridgehead atoms. The van der Waals surface area contributed by atoms with Gasteiger partial charge in [0.25, 0.3) is 0 Å². The van der Waals surface area contributed by atoms with Crippen LogP contribution in [0.1, 0.15) is 12.8 Å². The molecule has 1 aliphatic rings. The number of aromatic nitrogens is 2. The fourth-order valence-electron chi connectivity index (χ4n) is 2.04. The van der Waals surface area contributed by atoms with Crippen molar-refractivity contribution in [2.24, 2.45) is 0 Å². The van der Waals surface area contributed by atoms with Gasteiger partial charge >= 0.3 is 0 Å². The van der Waals surface area contributed by atoms with E-state index in [1.807, 2.05) is 24.3 Å². The van der Waals surface area contributed by atoms with E-state index in [0.29, 0.717) is 12.2 Å². The van der Waals surface area contributed by atoms with Gasteiger partial charge in [0.05, 0.1) is 18.1 Å². The first-order chi connectivity index (χ1) is 8.84. The molecule has 1 radical (unpaired) electrons. The molecule has 4 nitrogen and oxygen atoms in total. The topological polar surface area (TPSA) is 46.1 Å². The fraction of sp³-hybridized carbons (Fsp3) is 0.214. The van der Waals surface area contributed by atoms with Crippen LogP contribution in [-0.4, -0.2) is 22.4 Å². The standard InChI is InChI=1S/C14H12N3O/c18-14-7-4-8-17(14)13-10-15-12(9-16-13)11-5-2-1-3-6-11/h1-3,5,9-10H,4,7-8H2. The van der Waals surface area contributed by atoms with Gasteiger partial charge in [0.2, 0.25) is 5.91 Å². The molecular weight excluding hydrogens is 226 g/mol. The molecule has 0 unspecified atom stereocenters. The van der Waals surface area contributed by atoms with Crippen LogP contribution in [0.25, 0.3) is 11.3 Å². The zero-order valence-electron chi connectivity index (χ0n) is 9.84. The molecule has 0 atom stereocenters. The van der Waals surface area contributed by atoms with Gasteiger partial charge in [-0.3, -0.25) is 14.7 Å². The summed E-state index contributed by atoms with van der Waals surface area (Å²) in [4.78, 5) is 21.9. The van der Waals surface area contributed by atoms with Crippen LogP contribution in [0.5, 0.6) is 0 Å². The second kappa shape index (κ2) is 4.56. The lowest BCUT2D eigenvalue weighted by Crippen LogP contribution is -2.24. The number of rotatable bonds is 2. The lowest BCUT2D eigenvalue weighted by atomic mass is 10.2. The van der Waals surface area contributed by atoms with Crippen molar-refractivity contribution in [3.63, 3.8) is 0 Å². The Morgan fingerprint density at radius 2 is 2.17 bits per heavy atom. The van der Waals surface area contributed by atoms with Crippen molar-refractivity contribution in [3.05, 3.63) is 42.7 Å². The van der Waals surface area contributed by atoms with Crippen LogP contribution in [0.2, 0.25) is 0 Å². The van der Waals surface area contributed by atoms with E-state index in [0.717, 1.165) is 24.2 Å². The van der Waals surface area contributed by atoms with E-state index < -0.39 is 0 Å². The summed E-state index contributed by atoms with van der Waals surface area (Å²) in [6.07, 6.45) is 4.84. The number of nitrogens with zero attached hydrogens (tertiary/aromatic N) is 3. The van der Waals surface area contributed by atoms with Gasteiger partial charge in [-0.1, -0.05) is 24.3 Å². The Labute approximate surface area is 105 Å². The van der Waals surface area contributed by atoms with Crippen molar-refractivity contribution >= 4 is 11.7 Å². The maximum absolute atomic E-state index is 11.6. The number of anilines is 1. The Morgan fingerprint density at radius 1 is 1.22 bits per heavy atom.